The van der Waals surface area contributed by atoms with Gasteiger partial charge in [-0.1, -0.05) is 0 Å². The maximum absolute atomic E-state index is 11.0. The summed E-state index contributed by atoms with van der Waals surface area (Å²) in [5, 5.41) is 9.03. The molecule has 0 aliphatic carbocycles. The van der Waals surface area contributed by atoms with Gasteiger partial charge in [0.2, 0.25) is 0 Å². The SMILES string of the molecule is COCCOCCN1CCSCC1C(=O)O. The summed E-state index contributed by atoms with van der Waals surface area (Å²) in [6.07, 6.45) is 0. The smallest absolute Gasteiger partial charge is 0.321 e. The van der Waals surface area contributed by atoms with Crippen molar-refractivity contribution < 1.29 is 19.4 Å². The van der Waals surface area contributed by atoms with E-state index in [9.17, 15) is 4.79 Å². The van der Waals surface area contributed by atoms with E-state index in [2.05, 4.69) is 0 Å². The zero-order valence-corrected chi connectivity index (χ0v) is 10.4. The minimum Gasteiger partial charge on any atom is -0.480 e. The molecule has 0 aromatic rings. The maximum Gasteiger partial charge on any atom is 0.321 e. The summed E-state index contributed by atoms with van der Waals surface area (Å²) >= 11 is 1.70. The first-order chi connectivity index (χ1) is 7.75. The van der Waals surface area contributed by atoms with E-state index in [0.717, 1.165) is 12.3 Å². The van der Waals surface area contributed by atoms with Gasteiger partial charge in [-0.05, 0) is 0 Å². The number of carbonyl (C=O) groups is 1. The van der Waals surface area contributed by atoms with Crippen LogP contribution < -0.4 is 0 Å². The first-order valence-corrected chi connectivity index (χ1v) is 6.52. The van der Waals surface area contributed by atoms with E-state index < -0.39 is 5.97 Å². The van der Waals surface area contributed by atoms with E-state index in [0.29, 0.717) is 32.1 Å². The first kappa shape index (κ1) is 13.8. The van der Waals surface area contributed by atoms with Gasteiger partial charge in [-0.2, -0.15) is 11.8 Å². The number of aliphatic carboxylic acids is 1. The van der Waals surface area contributed by atoms with Crippen molar-refractivity contribution >= 4 is 17.7 Å². The van der Waals surface area contributed by atoms with Crippen LogP contribution in [0.2, 0.25) is 0 Å². The molecule has 1 N–H and O–H groups in total. The molecule has 0 spiro atoms. The average Bonchev–Trinajstić information content (AvgIpc) is 2.29. The Bertz CT molecular complexity index is 215. The van der Waals surface area contributed by atoms with Crippen molar-refractivity contribution in [2.75, 3.05) is 51.5 Å². The molecule has 5 nitrogen and oxygen atoms in total. The van der Waals surface area contributed by atoms with Crippen LogP contribution in [-0.2, 0) is 14.3 Å². The van der Waals surface area contributed by atoms with Gasteiger partial charge < -0.3 is 14.6 Å². The lowest BCUT2D eigenvalue weighted by Crippen LogP contribution is -2.48. The van der Waals surface area contributed by atoms with Crippen LogP contribution in [0.5, 0.6) is 0 Å². The van der Waals surface area contributed by atoms with Crippen molar-refractivity contribution in [3.05, 3.63) is 0 Å². The van der Waals surface area contributed by atoms with Gasteiger partial charge in [0.15, 0.2) is 0 Å². The summed E-state index contributed by atoms with van der Waals surface area (Å²) in [5.74, 6) is 0.944. The van der Waals surface area contributed by atoms with Gasteiger partial charge in [-0.25, -0.2) is 0 Å². The second-order valence-electron chi connectivity index (χ2n) is 3.57. The summed E-state index contributed by atoms with van der Waals surface area (Å²) in [6.45, 7) is 3.23. The number of rotatable bonds is 7. The fraction of sp³-hybridized carbons (Fsp3) is 0.900. The monoisotopic (exact) mass is 249 g/mol. The summed E-state index contributed by atoms with van der Waals surface area (Å²) in [5.41, 5.74) is 0. The zero-order chi connectivity index (χ0) is 11.8. The average molecular weight is 249 g/mol. The molecule has 6 heteroatoms. The molecule has 1 atom stereocenters. The topological polar surface area (TPSA) is 59.0 Å². The highest BCUT2D eigenvalue weighted by Gasteiger charge is 2.28. The van der Waals surface area contributed by atoms with Crippen LogP contribution in [-0.4, -0.2) is 73.5 Å². The van der Waals surface area contributed by atoms with E-state index in [4.69, 9.17) is 14.6 Å². The lowest BCUT2D eigenvalue weighted by molar-refractivity contribution is -0.142. The molecule has 1 heterocycles. The maximum atomic E-state index is 11.0. The molecular weight excluding hydrogens is 230 g/mol. The summed E-state index contributed by atoms with van der Waals surface area (Å²) in [4.78, 5) is 13.0. The van der Waals surface area contributed by atoms with Crippen LogP contribution in [0.25, 0.3) is 0 Å². The number of carboxylic acids is 1. The van der Waals surface area contributed by atoms with E-state index in [1.807, 2.05) is 4.90 Å². The van der Waals surface area contributed by atoms with Gasteiger partial charge in [0.05, 0.1) is 19.8 Å². The van der Waals surface area contributed by atoms with Gasteiger partial charge in [0, 0.05) is 31.7 Å². The van der Waals surface area contributed by atoms with Crippen LogP contribution in [0.1, 0.15) is 0 Å². The predicted octanol–water partition coefficient (Wildman–Crippen LogP) is 0.151. The van der Waals surface area contributed by atoms with Gasteiger partial charge in [-0.15, -0.1) is 0 Å². The van der Waals surface area contributed by atoms with Gasteiger partial charge >= 0.3 is 5.97 Å². The van der Waals surface area contributed by atoms with E-state index in [-0.39, 0.29) is 6.04 Å². The predicted molar refractivity (Wildman–Crippen MR) is 63.0 cm³/mol. The summed E-state index contributed by atoms with van der Waals surface area (Å²) in [7, 11) is 1.63. The van der Waals surface area contributed by atoms with Gasteiger partial charge in [0.25, 0.3) is 0 Å². The molecule has 1 saturated heterocycles. The summed E-state index contributed by atoms with van der Waals surface area (Å²) in [6, 6.07) is -0.357. The lowest BCUT2D eigenvalue weighted by atomic mass is 10.3. The largest absolute Gasteiger partial charge is 0.480 e. The zero-order valence-electron chi connectivity index (χ0n) is 9.55. The Morgan fingerprint density at radius 3 is 3.00 bits per heavy atom. The third-order valence-electron chi connectivity index (χ3n) is 2.48. The Morgan fingerprint density at radius 1 is 1.50 bits per heavy atom. The molecule has 0 aromatic heterocycles. The van der Waals surface area contributed by atoms with Crippen molar-refractivity contribution in [2.45, 2.75) is 6.04 Å². The van der Waals surface area contributed by atoms with E-state index in [1.54, 1.807) is 18.9 Å². The number of nitrogens with zero attached hydrogens (tertiary/aromatic N) is 1. The molecule has 0 bridgehead atoms. The van der Waals surface area contributed by atoms with Crippen LogP contribution in [0, 0.1) is 0 Å². The molecule has 0 radical (unpaired) electrons. The molecule has 1 rings (SSSR count). The molecule has 1 fully saturated rings. The molecule has 0 amide bonds. The highest BCUT2D eigenvalue weighted by Crippen LogP contribution is 2.16. The molecule has 1 unspecified atom stereocenters. The van der Waals surface area contributed by atoms with Crippen molar-refractivity contribution in [3.63, 3.8) is 0 Å². The minimum absolute atomic E-state index is 0.357. The third-order valence-corrected chi connectivity index (χ3v) is 3.50. The van der Waals surface area contributed by atoms with Gasteiger partial charge in [-0.3, -0.25) is 9.69 Å². The number of carboxylic acid groups (broad SMARTS) is 1. The Morgan fingerprint density at radius 2 is 2.31 bits per heavy atom. The molecular formula is C10H19NO4S. The molecule has 94 valence electrons. The van der Waals surface area contributed by atoms with E-state index in [1.165, 1.54) is 0 Å². The Balaban J connectivity index is 2.19. The van der Waals surface area contributed by atoms with Gasteiger partial charge in [0.1, 0.15) is 6.04 Å². The number of hydrogen-bond donors (Lipinski definition) is 1. The quantitative estimate of drug-likeness (QED) is 0.648. The van der Waals surface area contributed by atoms with Crippen LogP contribution in [0.4, 0.5) is 0 Å². The Hall–Kier alpha value is -0.300. The summed E-state index contributed by atoms with van der Waals surface area (Å²) < 4.78 is 10.2. The van der Waals surface area contributed by atoms with Crippen molar-refractivity contribution in [3.8, 4) is 0 Å². The van der Waals surface area contributed by atoms with Crippen molar-refractivity contribution in [2.24, 2.45) is 0 Å². The lowest BCUT2D eigenvalue weighted by Gasteiger charge is -2.32. The van der Waals surface area contributed by atoms with Crippen LogP contribution in [0.15, 0.2) is 0 Å². The second-order valence-corrected chi connectivity index (χ2v) is 4.72. The normalized spacial score (nSPS) is 22.2. The fourth-order valence-corrected chi connectivity index (χ4v) is 2.67. The van der Waals surface area contributed by atoms with Crippen molar-refractivity contribution in [1.82, 2.24) is 4.90 Å². The standard InChI is InChI=1S/C10H19NO4S/c1-14-5-6-15-4-2-11-3-7-16-8-9(11)10(12)13/h9H,2-8H2,1H3,(H,12,13). The number of ether oxygens (including phenoxy) is 2. The van der Waals surface area contributed by atoms with Crippen molar-refractivity contribution in [1.29, 1.82) is 0 Å². The Labute approximate surface area is 100 Å². The van der Waals surface area contributed by atoms with E-state index >= 15 is 0 Å². The Kier molecular flexibility index (Phi) is 6.79. The second kappa shape index (κ2) is 7.89. The fourth-order valence-electron chi connectivity index (χ4n) is 1.56. The molecule has 0 saturated carbocycles. The highest BCUT2D eigenvalue weighted by atomic mass is 32.2. The highest BCUT2D eigenvalue weighted by molar-refractivity contribution is 7.99. The third kappa shape index (κ3) is 4.69. The molecule has 0 aromatic carbocycles. The first-order valence-electron chi connectivity index (χ1n) is 5.37. The number of methoxy groups -OCH3 is 1. The molecule has 16 heavy (non-hydrogen) atoms. The number of hydrogen-bond acceptors (Lipinski definition) is 5. The van der Waals surface area contributed by atoms with Crippen LogP contribution >= 0.6 is 11.8 Å². The minimum atomic E-state index is -0.732. The number of thioether (sulfide) groups is 1. The molecule has 1 aliphatic rings. The van der Waals surface area contributed by atoms with Crippen LogP contribution in [0.3, 0.4) is 0 Å². The molecule has 1 aliphatic heterocycles.